The van der Waals surface area contributed by atoms with Gasteiger partial charge in [-0.15, -0.1) is 0 Å². The third-order valence-corrected chi connectivity index (χ3v) is 4.52. The molecule has 1 unspecified atom stereocenters. The number of anilines is 1. The maximum Gasteiger partial charge on any atom is 0.171 e. The van der Waals surface area contributed by atoms with Crippen LogP contribution in [-0.4, -0.2) is 5.11 Å². The van der Waals surface area contributed by atoms with Crippen LogP contribution in [-0.2, 0) is 0 Å². The number of hydrogen-bond donors (Lipinski definition) is 2. The lowest BCUT2D eigenvalue weighted by Gasteiger charge is -2.22. The van der Waals surface area contributed by atoms with Crippen molar-refractivity contribution in [3.63, 3.8) is 0 Å². The van der Waals surface area contributed by atoms with E-state index in [9.17, 15) is 0 Å². The molecule has 2 N–H and O–H groups in total. The molecule has 0 heterocycles. The highest BCUT2D eigenvalue weighted by Crippen LogP contribution is 2.23. The van der Waals surface area contributed by atoms with Crippen molar-refractivity contribution in [2.45, 2.75) is 26.8 Å². The summed E-state index contributed by atoms with van der Waals surface area (Å²) in [4.78, 5) is 0. The molecule has 3 aromatic carbocycles. The van der Waals surface area contributed by atoms with Crippen LogP contribution in [0.5, 0.6) is 0 Å². The van der Waals surface area contributed by atoms with Crippen LogP contribution in [0.4, 0.5) is 5.69 Å². The summed E-state index contributed by atoms with van der Waals surface area (Å²) in [6, 6.07) is 25.3. The van der Waals surface area contributed by atoms with E-state index < -0.39 is 0 Å². The molecule has 3 aromatic rings. The standard InChI is InChI=1S/C23H24N2S/c1-16-9-11-20(12-10-16)22(19-7-5-4-6-8-19)25-23(26)24-21-14-17(2)13-18(3)15-21/h4-15,22H,1-3H3,(H2,24,25,26). The largest absolute Gasteiger partial charge is 0.352 e. The van der Waals surface area contributed by atoms with Gasteiger partial charge in [0.25, 0.3) is 0 Å². The lowest BCUT2D eigenvalue weighted by molar-refractivity contribution is 0.768. The number of hydrogen-bond acceptors (Lipinski definition) is 1. The Balaban J connectivity index is 1.83. The first kappa shape index (κ1) is 18.2. The maximum atomic E-state index is 5.60. The van der Waals surface area contributed by atoms with Gasteiger partial charge in [0.05, 0.1) is 6.04 Å². The molecule has 2 nitrogen and oxygen atoms in total. The lowest BCUT2D eigenvalue weighted by atomic mass is 9.98. The zero-order chi connectivity index (χ0) is 18.5. The fourth-order valence-corrected chi connectivity index (χ4v) is 3.34. The van der Waals surface area contributed by atoms with Gasteiger partial charge >= 0.3 is 0 Å². The molecule has 0 saturated carbocycles. The van der Waals surface area contributed by atoms with Crippen LogP contribution in [0.15, 0.2) is 72.8 Å². The second-order valence-electron chi connectivity index (χ2n) is 6.73. The predicted octanol–water partition coefficient (Wildman–Crippen LogP) is 5.69. The van der Waals surface area contributed by atoms with Gasteiger partial charge in [-0.3, -0.25) is 0 Å². The van der Waals surface area contributed by atoms with Crippen molar-refractivity contribution >= 4 is 23.0 Å². The van der Waals surface area contributed by atoms with E-state index in [0.717, 1.165) is 5.69 Å². The van der Waals surface area contributed by atoms with Gasteiger partial charge < -0.3 is 10.6 Å². The highest BCUT2D eigenvalue weighted by Gasteiger charge is 2.15. The Morgan fingerprint density at radius 3 is 1.92 bits per heavy atom. The van der Waals surface area contributed by atoms with E-state index in [1.165, 1.54) is 27.8 Å². The SMILES string of the molecule is Cc1ccc(C(NC(=S)Nc2cc(C)cc(C)c2)c2ccccc2)cc1. The van der Waals surface area contributed by atoms with Crippen LogP contribution in [0, 0.1) is 20.8 Å². The van der Waals surface area contributed by atoms with Gasteiger partial charge in [-0.05, 0) is 67.4 Å². The molecule has 0 aromatic heterocycles. The number of thiocarbonyl (C=S) groups is 1. The quantitative estimate of drug-likeness (QED) is 0.585. The molecule has 0 aliphatic heterocycles. The zero-order valence-corrected chi connectivity index (χ0v) is 16.2. The maximum absolute atomic E-state index is 5.60. The summed E-state index contributed by atoms with van der Waals surface area (Å²) in [6.07, 6.45) is 0. The first-order chi connectivity index (χ1) is 12.5. The summed E-state index contributed by atoms with van der Waals surface area (Å²) in [5.41, 5.74) is 7.06. The Morgan fingerprint density at radius 2 is 1.31 bits per heavy atom. The smallest absolute Gasteiger partial charge is 0.171 e. The molecule has 0 radical (unpaired) electrons. The number of aryl methyl sites for hydroxylation is 3. The van der Waals surface area contributed by atoms with Crippen LogP contribution in [0.1, 0.15) is 33.9 Å². The van der Waals surface area contributed by atoms with E-state index in [4.69, 9.17) is 12.2 Å². The van der Waals surface area contributed by atoms with Crippen LogP contribution < -0.4 is 10.6 Å². The van der Waals surface area contributed by atoms with Crippen molar-refractivity contribution in [1.82, 2.24) is 5.32 Å². The summed E-state index contributed by atoms with van der Waals surface area (Å²) < 4.78 is 0. The Hall–Kier alpha value is -2.65. The fourth-order valence-electron chi connectivity index (χ4n) is 3.11. The molecule has 0 saturated heterocycles. The molecule has 1 atom stereocenters. The Bertz CT molecular complexity index is 866. The van der Waals surface area contributed by atoms with Gasteiger partial charge in [-0.25, -0.2) is 0 Å². The highest BCUT2D eigenvalue weighted by molar-refractivity contribution is 7.80. The van der Waals surface area contributed by atoms with Crippen molar-refractivity contribution in [3.8, 4) is 0 Å². The average molecular weight is 361 g/mol. The van der Waals surface area contributed by atoms with Crippen molar-refractivity contribution in [3.05, 3.63) is 101 Å². The molecule has 3 heteroatoms. The van der Waals surface area contributed by atoms with Gasteiger partial charge in [0.1, 0.15) is 0 Å². The van der Waals surface area contributed by atoms with Gasteiger partial charge in [0.2, 0.25) is 0 Å². The van der Waals surface area contributed by atoms with Crippen LogP contribution in [0.2, 0.25) is 0 Å². The number of benzene rings is 3. The van der Waals surface area contributed by atoms with Gasteiger partial charge in [0, 0.05) is 5.69 Å². The lowest BCUT2D eigenvalue weighted by Crippen LogP contribution is -2.33. The van der Waals surface area contributed by atoms with Crippen LogP contribution in [0.25, 0.3) is 0 Å². The van der Waals surface area contributed by atoms with Crippen molar-refractivity contribution in [2.75, 3.05) is 5.32 Å². The molecule has 0 spiro atoms. The van der Waals surface area contributed by atoms with Gasteiger partial charge in [-0.2, -0.15) is 0 Å². The summed E-state index contributed by atoms with van der Waals surface area (Å²) in [7, 11) is 0. The van der Waals surface area contributed by atoms with E-state index in [2.05, 4.69) is 98.1 Å². The van der Waals surface area contributed by atoms with Crippen molar-refractivity contribution in [1.29, 1.82) is 0 Å². The third-order valence-electron chi connectivity index (χ3n) is 4.30. The van der Waals surface area contributed by atoms with E-state index in [1.54, 1.807) is 0 Å². The second kappa shape index (κ2) is 8.15. The van der Waals surface area contributed by atoms with E-state index in [-0.39, 0.29) is 6.04 Å². The molecule has 0 amide bonds. The van der Waals surface area contributed by atoms with Gasteiger partial charge in [-0.1, -0.05) is 66.2 Å². The number of nitrogens with one attached hydrogen (secondary N) is 2. The normalized spacial score (nSPS) is 11.7. The highest BCUT2D eigenvalue weighted by atomic mass is 32.1. The average Bonchev–Trinajstić information content (AvgIpc) is 2.60. The van der Waals surface area contributed by atoms with Crippen molar-refractivity contribution < 1.29 is 0 Å². The monoisotopic (exact) mass is 360 g/mol. The summed E-state index contributed by atoms with van der Waals surface area (Å²) >= 11 is 5.60. The third kappa shape index (κ3) is 4.70. The molecular weight excluding hydrogens is 336 g/mol. The fraction of sp³-hybridized carbons (Fsp3) is 0.174. The molecule has 0 aliphatic rings. The topological polar surface area (TPSA) is 24.1 Å². The molecule has 0 bridgehead atoms. The Kier molecular flexibility index (Phi) is 5.69. The number of rotatable bonds is 4. The molecular formula is C23H24N2S. The minimum absolute atomic E-state index is 0.00251. The summed E-state index contributed by atoms with van der Waals surface area (Å²) in [6.45, 7) is 6.28. The van der Waals surface area contributed by atoms with Gasteiger partial charge in [0.15, 0.2) is 5.11 Å². The summed E-state index contributed by atoms with van der Waals surface area (Å²) in [5, 5.41) is 7.42. The first-order valence-electron chi connectivity index (χ1n) is 8.78. The van der Waals surface area contributed by atoms with Crippen LogP contribution in [0.3, 0.4) is 0 Å². The molecule has 0 fully saturated rings. The first-order valence-corrected chi connectivity index (χ1v) is 9.19. The minimum Gasteiger partial charge on any atom is -0.352 e. The Morgan fingerprint density at radius 1 is 0.731 bits per heavy atom. The van der Waals surface area contributed by atoms with E-state index in [0.29, 0.717) is 5.11 Å². The molecule has 3 rings (SSSR count). The zero-order valence-electron chi connectivity index (χ0n) is 15.4. The Labute approximate surface area is 161 Å². The van der Waals surface area contributed by atoms with Crippen molar-refractivity contribution in [2.24, 2.45) is 0 Å². The summed E-state index contributed by atoms with van der Waals surface area (Å²) in [5.74, 6) is 0. The predicted molar refractivity (Wildman–Crippen MR) is 115 cm³/mol. The molecule has 132 valence electrons. The molecule has 0 aliphatic carbocycles. The van der Waals surface area contributed by atoms with E-state index in [1.807, 2.05) is 6.07 Å². The van der Waals surface area contributed by atoms with E-state index >= 15 is 0 Å². The second-order valence-corrected chi connectivity index (χ2v) is 7.14. The molecule has 26 heavy (non-hydrogen) atoms. The minimum atomic E-state index is 0.00251. The van der Waals surface area contributed by atoms with Crippen LogP contribution >= 0.6 is 12.2 Å².